The normalized spacial score (nSPS) is 16.4. The molecule has 4 rings (SSSR count). The van der Waals surface area contributed by atoms with E-state index in [1.54, 1.807) is 18.4 Å². The maximum Gasteiger partial charge on any atom is 0.225 e. The number of likely N-dealkylation sites (tertiary alicyclic amines) is 1. The fraction of sp³-hybridized carbons (Fsp3) is 0.292. The van der Waals surface area contributed by atoms with Crippen molar-refractivity contribution in [3.63, 3.8) is 0 Å². The molecular weight excluding hydrogens is 396 g/mol. The molecule has 0 bridgehead atoms. The number of rotatable bonds is 8. The van der Waals surface area contributed by atoms with Gasteiger partial charge in [-0.05, 0) is 47.7 Å². The largest absolute Gasteiger partial charge is 0.493 e. The fourth-order valence-electron chi connectivity index (χ4n) is 3.74. The zero-order valence-corrected chi connectivity index (χ0v) is 17.9. The second kappa shape index (κ2) is 9.78. The van der Waals surface area contributed by atoms with Crippen LogP contribution in [0.1, 0.15) is 16.9 Å². The van der Waals surface area contributed by atoms with Crippen LogP contribution in [0.3, 0.4) is 0 Å². The van der Waals surface area contributed by atoms with E-state index in [2.05, 4.69) is 22.3 Å². The van der Waals surface area contributed by atoms with Crippen LogP contribution < -0.4 is 14.8 Å². The maximum absolute atomic E-state index is 12.3. The summed E-state index contributed by atoms with van der Waals surface area (Å²) < 4.78 is 11.4. The van der Waals surface area contributed by atoms with E-state index in [0.717, 1.165) is 36.7 Å². The van der Waals surface area contributed by atoms with E-state index >= 15 is 0 Å². The van der Waals surface area contributed by atoms with Crippen molar-refractivity contribution < 1.29 is 14.3 Å². The van der Waals surface area contributed by atoms with E-state index in [9.17, 15) is 4.79 Å². The quantitative estimate of drug-likeness (QED) is 0.581. The smallest absolute Gasteiger partial charge is 0.225 e. The molecule has 30 heavy (non-hydrogen) atoms. The number of para-hydroxylation sites is 2. The first-order valence-corrected chi connectivity index (χ1v) is 11.0. The van der Waals surface area contributed by atoms with Gasteiger partial charge in [0.15, 0.2) is 11.5 Å². The molecule has 1 aromatic heterocycles. The van der Waals surface area contributed by atoms with Crippen molar-refractivity contribution >= 4 is 17.2 Å². The lowest BCUT2D eigenvalue weighted by molar-refractivity contribution is -0.121. The molecule has 1 atom stereocenters. The highest BCUT2D eigenvalue weighted by Crippen LogP contribution is 2.31. The third-order valence-corrected chi connectivity index (χ3v) is 6.03. The topological polar surface area (TPSA) is 50.8 Å². The summed E-state index contributed by atoms with van der Waals surface area (Å²) in [5.74, 6) is 2.31. The molecule has 0 unspecified atom stereocenters. The first-order chi connectivity index (χ1) is 14.7. The van der Waals surface area contributed by atoms with Crippen LogP contribution in [0, 0.1) is 0 Å². The zero-order valence-electron chi connectivity index (χ0n) is 17.0. The number of benzene rings is 2. The molecule has 1 aliphatic rings. The Bertz CT molecular complexity index is 974. The number of nitrogens with one attached hydrogen (secondary N) is 1. The van der Waals surface area contributed by atoms with E-state index in [0.29, 0.717) is 17.9 Å². The Kier molecular flexibility index (Phi) is 6.67. The molecule has 1 saturated heterocycles. The van der Waals surface area contributed by atoms with Gasteiger partial charge >= 0.3 is 0 Å². The first-order valence-electron chi connectivity index (χ1n) is 10.1. The molecule has 1 fully saturated rings. The van der Waals surface area contributed by atoms with Crippen molar-refractivity contribution in [2.24, 2.45) is 0 Å². The van der Waals surface area contributed by atoms with Crippen molar-refractivity contribution in [1.82, 2.24) is 10.2 Å². The molecule has 2 heterocycles. The molecule has 6 heteroatoms. The molecule has 0 radical (unpaired) electrons. The van der Waals surface area contributed by atoms with E-state index in [1.807, 2.05) is 53.9 Å². The summed E-state index contributed by atoms with van der Waals surface area (Å²) in [5, 5.41) is 5.18. The second-order valence-corrected chi connectivity index (χ2v) is 8.48. The fourth-order valence-corrected chi connectivity index (χ4v) is 4.44. The monoisotopic (exact) mass is 422 g/mol. The number of hydrogen-bond acceptors (Lipinski definition) is 5. The summed E-state index contributed by atoms with van der Waals surface area (Å²) in [7, 11) is 1.64. The van der Waals surface area contributed by atoms with Crippen molar-refractivity contribution in [2.75, 3.05) is 20.2 Å². The van der Waals surface area contributed by atoms with Crippen LogP contribution in [0.25, 0.3) is 0 Å². The number of carbonyl (C=O) groups excluding carboxylic acids is 1. The summed E-state index contributed by atoms with van der Waals surface area (Å²) in [6, 6.07) is 20.0. The van der Waals surface area contributed by atoms with Gasteiger partial charge in [0.05, 0.1) is 13.5 Å². The van der Waals surface area contributed by atoms with Crippen LogP contribution in [0.5, 0.6) is 17.2 Å². The predicted molar refractivity (Wildman–Crippen MR) is 119 cm³/mol. The van der Waals surface area contributed by atoms with Crippen molar-refractivity contribution in [1.29, 1.82) is 0 Å². The Morgan fingerprint density at radius 1 is 1.13 bits per heavy atom. The molecule has 1 amide bonds. The number of methoxy groups -OCH3 is 1. The number of carbonyl (C=O) groups is 1. The lowest BCUT2D eigenvalue weighted by atomic mass is 10.2. The van der Waals surface area contributed by atoms with Gasteiger partial charge < -0.3 is 14.8 Å². The molecule has 0 spiro atoms. The molecule has 5 nitrogen and oxygen atoms in total. The van der Waals surface area contributed by atoms with Gasteiger partial charge in [0.25, 0.3) is 0 Å². The number of hydrogen-bond donors (Lipinski definition) is 1. The predicted octanol–water partition coefficient (Wildman–Crippen LogP) is 4.48. The van der Waals surface area contributed by atoms with Gasteiger partial charge in [0.1, 0.15) is 5.75 Å². The summed E-state index contributed by atoms with van der Waals surface area (Å²) in [4.78, 5) is 15.7. The average molecular weight is 423 g/mol. The summed E-state index contributed by atoms with van der Waals surface area (Å²) in [6.07, 6.45) is 1.45. The van der Waals surface area contributed by atoms with Gasteiger partial charge in [-0.1, -0.05) is 30.3 Å². The molecule has 1 N–H and O–H groups in total. The van der Waals surface area contributed by atoms with Gasteiger partial charge in [-0.15, -0.1) is 11.3 Å². The average Bonchev–Trinajstić information content (AvgIpc) is 3.41. The van der Waals surface area contributed by atoms with Crippen LogP contribution in [0.2, 0.25) is 0 Å². The highest BCUT2D eigenvalue weighted by atomic mass is 32.1. The van der Waals surface area contributed by atoms with Gasteiger partial charge in [-0.2, -0.15) is 0 Å². The summed E-state index contributed by atoms with van der Waals surface area (Å²) in [6.45, 7) is 2.68. The molecule has 3 aromatic rings. The molecule has 0 aliphatic carbocycles. The Hall–Kier alpha value is -2.83. The van der Waals surface area contributed by atoms with Crippen LogP contribution in [0.4, 0.5) is 0 Å². The van der Waals surface area contributed by atoms with Gasteiger partial charge in [0.2, 0.25) is 5.91 Å². The number of thiophene rings is 1. The maximum atomic E-state index is 12.3. The molecule has 2 aromatic carbocycles. The van der Waals surface area contributed by atoms with Crippen LogP contribution in [-0.2, 0) is 17.8 Å². The van der Waals surface area contributed by atoms with E-state index in [-0.39, 0.29) is 11.9 Å². The molecule has 1 aliphatic heterocycles. The Balaban J connectivity index is 1.30. The summed E-state index contributed by atoms with van der Waals surface area (Å²) >= 11 is 1.62. The zero-order chi connectivity index (χ0) is 20.8. The summed E-state index contributed by atoms with van der Waals surface area (Å²) in [5.41, 5.74) is 1.19. The van der Waals surface area contributed by atoms with E-state index < -0.39 is 0 Å². The van der Waals surface area contributed by atoms with Crippen molar-refractivity contribution in [2.45, 2.75) is 25.4 Å². The van der Waals surface area contributed by atoms with Crippen LogP contribution in [0.15, 0.2) is 66.0 Å². The van der Waals surface area contributed by atoms with Crippen molar-refractivity contribution in [3.05, 3.63) is 76.5 Å². The lowest BCUT2D eigenvalue weighted by Gasteiger charge is -2.17. The van der Waals surface area contributed by atoms with Gasteiger partial charge in [-0.3, -0.25) is 9.69 Å². The molecule has 0 saturated carbocycles. The van der Waals surface area contributed by atoms with Crippen LogP contribution in [-0.4, -0.2) is 37.0 Å². The Labute approximate surface area is 181 Å². The molecule has 156 valence electrons. The Morgan fingerprint density at radius 2 is 2.00 bits per heavy atom. The highest BCUT2D eigenvalue weighted by molar-refractivity contribution is 7.10. The minimum absolute atomic E-state index is 0.108. The van der Waals surface area contributed by atoms with Gasteiger partial charge in [0, 0.05) is 30.6 Å². The number of nitrogens with zero attached hydrogens (tertiary/aromatic N) is 1. The standard InChI is InChI=1S/C24H26N2O3S/c1-28-22-9-2-3-10-23(22)29-20-7-4-6-18(14-20)16-26-12-11-19(17-26)25-24(27)15-21-8-5-13-30-21/h2-10,13-14,19H,11-12,15-17H2,1H3,(H,25,27)/t19-/m0/s1. The van der Waals surface area contributed by atoms with Gasteiger partial charge in [-0.25, -0.2) is 0 Å². The van der Waals surface area contributed by atoms with E-state index in [4.69, 9.17) is 9.47 Å². The lowest BCUT2D eigenvalue weighted by Crippen LogP contribution is -2.37. The minimum atomic E-state index is 0.108. The third-order valence-electron chi connectivity index (χ3n) is 5.15. The first kappa shape index (κ1) is 20.4. The number of ether oxygens (including phenoxy) is 2. The van der Waals surface area contributed by atoms with Crippen molar-refractivity contribution in [3.8, 4) is 17.2 Å². The SMILES string of the molecule is COc1ccccc1Oc1cccc(CN2CC[C@H](NC(=O)Cc3cccs3)C2)c1. The van der Waals surface area contributed by atoms with E-state index in [1.165, 1.54) is 5.56 Å². The highest BCUT2D eigenvalue weighted by Gasteiger charge is 2.24. The van der Waals surface area contributed by atoms with Crippen LogP contribution >= 0.6 is 11.3 Å². The molecular formula is C24H26N2O3S. The second-order valence-electron chi connectivity index (χ2n) is 7.44. The minimum Gasteiger partial charge on any atom is -0.493 e. The number of amides is 1. The Morgan fingerprint density at radius 3 is 2.80 bits per heavy atom. The third kappa shape index (κ3) is 5.40.